The van der Waals surface area contributed by atoms with Crippen molar-refractivity contribution in [3.63, 3.8) is 0 Å². The molecule has 0 fully saturated rings. The molecular formula is C9H17N5O. The molecule has 6 nitrogen and oxygen atoms in total. The molecule has 1 atom stereocenters. The van der Waals surface area contributed by atoms with Crippen molar-refractivity contribution in [2.75, 3.05) is 6.54 Å². The number of aromatic nitrogens is 3. The van der Waals surface area contributed by atoms with E-state index in [1.807, 2.05) is 6.92 Å². The maximum atomic E-state index is 11.3. The molecule has 0 spiro atoms. The molecule has 1 unspecified atom stereocenters. The molecule has 1 aromatic rings. The molecule has 84 valence electrons. The van der Waals surface area contributed by atoms with E-state index < -0.39 is 0 Å². The van der Waals surface area contributed by atoms with E-state index in [1.165, 1.54) is 11.0 Å². The molecule has 0 radical (unpaired) electrons. The van der Waals surface area contributed by atoms with Crippen LogP contribution in [0.3, 0.4) is 0 Å². The van der Waals surface area contributed by atoms with E-state index in [-0.39, 0.29) is 18.5 Å². The number of nitrogens with one attached hydrogen (secondary N) is 1. The monoisotopic (exact) mass is 211 g/mol. The van der Waals surface area contributed by atoms with E-state index in [4.69, 9.17) is 5.73 Å². The highest BCUT2D eigenvalue weighted by Crippen LogP contribution is 2.00. The normalized spacial score (nSPS) is 12.5. The van der Waals surface area contributed by atoms with Gasteiger partial charge in [0.25, 0.3) is 0 Å². The van der Waals surface area contributed by atoms with Crippen LogP contribution in [0.25, 0.3) is 0 Å². The second-order valence-corrected chi connectivity index (χ2v) is 3.44. The first-order chi connectivity index (χ1) is 7.13. The Morgan fingerprint density at radius 2 is 2.47 bits per heavy atom. The first kappa shape index (κ1) is 11.6. The summed E-state index contributed by atoms with van der Waals surface area (Å²) >= 11 is 0. The van der Waals surface area contributed by atoms with Crippen LogP contribution in [0.1, 0.15) is 32.1 Å². The van der Waals surface area contributed by atoms with Crippen molar-refractivity contribution in [1.82, 2.24) is 20.1 Å². The Bertz CT molecular complexity index is 320. The van der Waals surface area contributed by atoms with Crippen LogP contribution in [0, 0.1) is 0 Å². The highest BCUT2D eigenvalue weighted by Gasteiger charge is 2.07. The second kappa shape index (κ2) is 5.45. The number of hydrogen-bond donors (Lipinski definition) is 2. The molecule has 6 heteroatoms. The number of carbonyl (C=O) groups excluding carboxylic acids is 1. The maximum absolute atomic E-state index is 11.3. The lowest BCUT2D eigenvalue weighted by Gasteiger charge is -2.02. The van der Waals surface area contributed by atoms with Gasteiger partial charge in [-0.3, -0.25) is 4.79 Å². The van der Waals surface area contributed by atoms with E-state index in [0.29, 0.717) is 12.4 Å². The van der Waals surface area contributed by atoms with Gasteiger partial charge in [-0.25, -0.2) is 9.67 Å². The van der Waals surface area contributed by atoms with Gasteiger partial charge >= 0.3 is 0 Å². The minimum absolute atomic E-state index is 0.0574. The lowest BCUT2D eigenvalue weighted by Crippen LogP contribution is -2.28. The highest BCUT2D eigenvalue weighted by molar-refractivity contribution is 5.75. The van der Waals surface area contributed by atoms with Gasteiger partial charge in [0, 0.05) is 6.54 Å². The molecule has 0 aliphatic heterocycles. The standard InChI is InChI=1S/C9H17N5O/c1-3-4-11-8(15)5-14-6-12-9(13-14)7(2)10/h6-7H,3-5,10H2,1-2H3,(H,11,15). The van der Waals surface area contributed by atoms with E-state index >= 15 is 0 Å². The zero-order valence-electron chi connectivity index (χ0n) is 9.10. The molecule has 0 aliphatic carbocycles. The van der Waals surface area contributed by atoms with Crippen LogP contribution < -0.4 is 11.1 Å². The van der Waals surface area contributed by atoms with Gasteiger partial charge in [0.2, 0.25) is 5.91 Å². The Morgan fingerprint density at radius 3 is 3.00 bits per heavy atom. The lowest BCUT2D eigenvalue weighted by atomic mass is 10.4. The highest BCUT2D eigenvalue weighted by atomic mass is 16.2. The zero-order valence-corrected chi connectivity index (χ0v) is 9.10. The first-order valence-electron chi connectivity index (χ1n) is 5.05. The Hall–Kier alpha value is -1.43. The van der Waals surface area contributed by atoms with Crippen LogP contribution >= 0.6 is 0 Å². The number of nitrogens with zero attached hydrogens (tertiary/aromatic N) is 3. The summed E-state index contributed by atoms with van der Waals surface area (Å²) in [6.45, 7) is 4.69. The Balaban J connectivity index is 2.46. The van der Waals surface area contributed by atoms with Crippen LogP contribution in [0.5, 0.6) is 0 Å². The lowest BCUT2D eigenvalue weighted by molar-refractivity contribution is -0.121. The minimum atomic E-state index is -0.204. The van der Waals surface area contributed by atoms with Gasteiger partial charge in [0.1, 0.15) is 12.9 Å². The zero-order chi connectivity index (χ0) is 11.3. The van der Waals surface area contributed by atoms with Crippen LogP contribution in [-0.2, 0) is 11.3 Å². The van der Waals surface area contributed by atoms with Crippen LogP contribution in [0.2, 0.25) is 0 Å². The fourth-order valence-corrected chi connectivity index (χ4v) is 1.06. The molecule has 1 heterocycles. The number of amides is 1. The predicted molar refractivity (Wildman–Crippen MR) is 55.9 cm³/mol. The van der Waals surface area contributed by atoms with Gasteiger partial charge < -0.3 is 11.1 Å². The molecule has 0 bridgehead atoms. The molecule has 0 saturated carbocycles. The topological polar surface area (TPSA) is 85.8 Å². The van der Waals surface area contributed by atoms with Crippen LogP contribution in [0.4, 0.5) is 0 Å². The van der Waals surface area contributed by atoms with Gasteiger partial charge in [-0.2, -0.15) is 5.10 Å². The minimum Gasteiger partial charge on any atom is -0.355 e. The van der Waals surface area contributed by atoms with Gasteiger partial charge in [0.15, 0.2) is 5.82 Å². The molecule has 15 heavy (non-hydrogen) atoms. The maximum Gasteiger partial charge on any atom is 0.241 e. The number of nitrogens with two attached hydrogens (primary N) is 1. The van der Waals surface area contributed by atoms with Crippen molar-refractivity contribution in [3.8, 4) is 0 Å². The average molecular weight is 211 g/mol. The van der Waals surface area contributed by atoms with Crippen molar-refractivity contribution in [2.24, 2.45) is 5.73 Å². The molecule has 0 saturated heterocycles. The molecule has 1 amide bonds. The van der Waals surface area contributed by atoms with Crippen molar-refractivity contribution in [3.05, 3.63) is 12.2 Å². The first-order valence-corrected chi connectivity index (χ1v) is 5.05. The fourth-order valence-electron chi connectivity index (χ4n) is 1.06. The fraction of sp³-hybridized carbons (Fsp3) is 0.667. The Kier molecular flexibility index (Phi) is 4.23. The van der Waals surface area contributed by atoms with Crippen molar-refractivity contribution in [2.45, 2.75) is 32.9 Å². The summed E-state index contributed by atoms with van der Waals surface area (Å²) in [5.74, 6) is 0.497. The predicted octanol–water partition coefficient (Wildman–Crippen LogP) is -0.176. The molecule has 0 aromatic carbocycles. The third-order valence-corrected chi connectivity index (χ3v) is 1.84. The summed E-state index contributed by atoms with van der Waals surface area (Å²) in [5, 5.41) is 6.84. The summed E-state index contributed by atoms with van der Waals surface area (Å²) in [7, 11) is 0. The summed E-state index contributed by atoms with van der Waals surface area (Å²) in [6, 6.07) is -0.204. The van der Waals surface area contributed by atoms with Crippen molar-refractivity contribution < 1.29 is 4.79 Å². The molecule has 1 rings (SSSR count). The summed E-state index contributed by atoms with van der Waals surface area (Å²) in [6.07, 6.45) is 2.44. The van der Waals surface area contributed by atoms with Crippen molar-refractivity contribution >= 4 is 5.91 Å². The van der Waals surface area contributed by atoms with Crippen LogP contribution in [-0.4, -0.2) is 27.2 Å². The smallest absolute Gasteiger partial charge is 0.241 e. The Morgan fingerprint density at radius 1 is 1.73 bits per heavy atom. The summed E-state index contributed by atoms with van der Waals surface area (Å²) in [5.41, 5.74) is 5.60. The second-order valence-electron chi connectivity index (χ2n) is 3.44. The number of carbonyl (C=O) groups is 1. The third kappa shape index (κ3) is 3.67. The number of hydrogen-bond acceptors (Lipinski definition) is 4. The van der Waals surface area contributed by atoms with Crippen LogP contribution in [0.15, 0.2) is 6.33 Å². The number of rotatable bonds is 5. The van der Waals surface area contributed by atoms with Gasteiger partial charge in [-0.1, -0.05) is 6.92 Å². The van der Waals surface area contributed by atoms with E-state index in [2.05, 4.69) is 15.4 Å². The van der Waals surface area contributed by atoms with Gasteiger partial charge in [0.05, 0.1) is 6.04 Å². The SMILES string of the molecule is CCCNC(=O)Cn1cnc(C(C)N)n1. The molecule has 0 aliphatic rings. The molecule has 1 aromatic heterocycles. The molecular weight excluding hydrogens is 194 g/mol. The quantitative estimate of drug-likeness (QED) is 0.707. The van der Waals surface area contributed by atoms with E-state index in [9.17, 15) is 4.79 Å². The van der Waals surface area contributed by atoms with Gasteiger partial charge in [-0.05, 0) is 13.3 Å². The van der Waals surface area contributed by atoms with E-state index in [0.717, 1.165) is 6.42 Å². The largest absolute Gasteiger partial charge is 0.355 e. The van der Waals surface area contributed by atoms with Gasteiger partial charge in [-0.15, -0.1) is 0 Å². The molecule has 3 N–H and O–H groups in total. The van der Waals surface area contributed by atoms with E-state index in [1.54, 1.807) is 6.92 Å². The Labute approximate surface area is 88.9 Å². The summed E-state index contributed by atoms with van der Waals surface area (Å²) in [4.78, 5) is 15.3. The summed E-state index contributed by atoms with van der Waals surface area (Å²) < 4.78 is 1.49. The van der Waals surface area contributed by atoms with Crippen molar-refractivity contribution in [1.29, 1.82) is 0 Å². The average Bonchev–Trinajstić information content (AvgIpc) is 2.63. The third-order valence-electron chi connectivity index (χ3n) is 1.84.